The molecular weight excluding hydrogens is 339 g/mol. The minimum Gasteiger partial charge on any atom is -0.481 e. The van der Waals surface area contributed by atoms with Gasteiger partial charge in [0, 0.05) is 23.1 Å². The van der Waals surface area contributed by atoms with Gasteiger partial charge in [-0.25, -0.2) is 12.8 Å². The van der Waals surface area contributed by atoms with Crippen molar-refractivity contribution in [1.82, 2.24) is 0 Å². The van der Waals surface area contributed by atoms with E-state index in [9.17, 15) is 17.6 Å². The second kappa shape index (κ2) is 4.86. The third-order valence-electron chi connectivity index (χ3n) is 3.26. The molecule has 1 aliphatic rings. The van der Waals surface area contributed by atoms with Crippen molar-refractivity contribution in [2.24, 2.45) is 0 Å². The summed E-state index contributed by atoms with van der Waals surface area (Å²) in [6.45, 7) is 0. The summed E-state index contributed by atoms with van der Waals surface area (Å²) in [6, 6.07) is 2.95. The van der Waals surface area contributed by atoms with Gasteiger partial charge in [-0.2, -0.15) is 0 Å². The number of alkyl halides is 1. The summed E-state index contributed by atoms with van der Waals surface area (Å²) in [6.07, 6.45) is -0.699. The molecule has 0 heterocycles. The lowest BCUT2D eigenvalue weighted by Gasteiger charge is -2.15. The van der Waals surface area contributed by atoms with Crippen LogP contribution in [0.5, 0.6) is 0 Å². The Morgan fingerprint density at radius 3 is 2.68 bits per heavy atom. The molecule has 0 aliphatic heterocycles. The Balaban J connectivity index is 2.66. The van der Waals surface area contributed by atoms with Gasteiger partial charge in [0.2, 0.25) is 0 Å². The number of carbonyl (C=O) groups is 1. The van der Waals surface area contributed by atoms with Gasteiger partial charge in [0.25, 0.3) is 0 Å². The Morgan fingerprint density at radius 2 is 2.16 bits per heavy atom. The molecule has 104 valence electrons. The van der Waals surface area contributed by atoms with E-state index < -0.39 is 34.3 Å². The van der Waals surface area contributed by atoms with Gasteiger partial charge in [0.05, 0.1) is 11.3 Å². The van der Waals surface area contributed by atoms with Crippen molar-refractivity contribution in [1.29, 1.82) is 0 Å². The zero-order valence-corrected chi connectivity index (χ0v) is 12.5. The molecule has 0 bridgehead atoms. The van der Waals surface area contributed by atoms with E-state index in [1.54, 1.807) is 6.07 Å². The number of sulfone groups is 1. The van der Waals surface area contributed by atoms with E-state index in [1.807, 2.05) is 0 Å². The standard InChI is InChI=1S/C12H12BrFO4S/c1-19(17,18)10-3-2-8(13)6-4-9(14)7(12(6)10)5-11(15)16/h2-3,7,9H,4-5H2,1H3,(H,15,16)/t7-,9-/m1/s1. The number of rotatable bonds is 3. The summed E-state index contributed by atoms with van der Waals surface area (Å²) >= 11 is 3.26. The van der Waals surface area contributed by atoms with Crippen LogP contribution < -0.4 is 0 Å². The van der Waals surface area contributed by atoms with E-state index in [4.69, 9.17) is 5.11 Å². The maximum Gasteiger partial charge on any atom is 0.304 e. The molecule has 0 amide bonds. The molecule has 2 rings (SSSR count). The summed E-state index contributed by atoms with van der Waals surface area (Å²) in [7, 11) is -3.52. The van der Waals surface area contributed by atoms with Gasteiger partial charge in [0.15, 0.2) is 9.84 Å². The van der Waals surface area contributed by atoms with Gasteiger partial charge in [-0.15, -0.1) is 0 Å². The van der Waals surface area contributed by atoms with Crippen LogP contribution >= 0.6 is 15.9 Å². The van der Waals surface area contributed by atoms with E-state index in [2.05, 4.69) is 15.9 Å². The van der Waals surface area contributed by atoms with Crippen LogP contribution in [0.15, 0.2) is 21.5 Å². The highest BCUT2D eigenvalue weighted by molar-refractivity contribution is 9.10. The van der Waals surface area contributed by atoms with Crippen LogP contribution in [0.1, 0.15) is 23.5 Å². The zero-order valence-electron chi connectivity index (χ0n) is 10.1. The van der Waals surface area contributed by atoms with Gasteiger partial charge < -0.3 is 5.11 Å². The lowest BCUT2D eigenvalue weighted by atomic mass is 9.97. The molecule has 0 saturated carbocycles. The lowest BCUT2D eigenvalue weighted by molar-refractivity contribution is -0.137. The minimum atomic E-state index is -3.52. The molecule has 7 heteroatoms. The van der Waals surface area contributed by atoms with Crippen LogP contribution in [-0.4, -0.2) is 31.9 Å². The summed E-state index contributed by atoms with van der Waals surface area (Å²) in [5, 5.41) is 8.85. The molecular formula is C12H12BrFO4S. The first-order chi connectivity index (χ1) is 8.71. The Bertz CT molecular complexity index is 641. The Labute approximate surface area is 118 Å². The number of carboxylic acids is 1. The monoisotopic (exact) mass is 350 g/mol. The van der Waals surface area contributed by atoms with Crippen molar-refractivity contribution in [3.63, 3.8) is 0 Å². The maximum atomic E-state index is 14.0. The van der Waals surface area contributed by atoms with Crippen LogP contribution in [0.25, 0.3) is 0 Å². The lowest BCUT2D eigenvalue weighted by Crippen LogP contribution is -2.15. The highest BCUT2D eigenvalue weighted by atomic mass is 79.9. The predicted molar refractivity (Wildman–Crippen MR) is 70.8 cm³/mol. The third kappa shape index (κ3) is 2.67. The van der Waals surface area contributed by atoms with Crippen LogP contribution in [0.3, 0.4) is 0 Å². The van der Waals surface area contributed by atoms with Gasteiger partial charge >= 0.3 is 5.97 Å². The number of hydrogen-bond donors (Lipinski definition) is 1. The maximum absolute atomic E-state index is 14.0. The number of halogens is 2. The normalized spacial score (nSPS) is 22.3. The molecule has 19 heavy (non-hydrogen) atoms. The van der Waals surface area contributed by atoms with Gasteiger partial charge in [0.1, 0.15) is 6.17 Å². The number of benzene rings is 1. The molecule has 0 aromatic heterocycles. The summed E-state index contributed by atoms with van der Waals surface area (Å²) < 4.78 is 38.1. The molecule has 1 aromatic carbocycles. The molecule has 0 saturated heterocycles. The Morgan fingerprint density at radius 1 is 1.53 bits per heavy atom. The average molecular weight is 351 g/mol. The Kier molecular flexibility index (Phi) is 3.70. The number of aliphatic carboxylic acids is 1. The quantitative estimate of drug-likeness (QED) is 0.907. The highest BCUT2D eigenvalue weighted by Crippen LogP contribution is 2.44. The molecule has 1 aliphatic carbocycles. The number of hydrogen-bond acceptors (Lipinski definition) is 3. The molecule has 0 radical (unpaired) electrons. The van der Waals surface area contributed by atoms with Crippen molar-refractivity contribution in [3.8, 4) is 0 Å². The van der Waals surface area contributed by atoms with Crippen molar-refractivity contribution >= 4 is 31.7 Å². The molecule has 0 unspecified atom stereocenters. The predicted octanol–water partition coefficient (Wildman–Crippen LogP) is 2.31. The van der Waals surface area contributed by atoms with Gasteiger partial charge in [-0.1, -0.05) is 15.9 Å². The van der Waals surface area contributed by atoms with Gasteiger partial charge in [-0.05, 0) is 23.3 Å². The first-order valence-electron chi connectivity index (χ1n) is 5.59. The summed E-state index contributed by atoms with van der Waals surface area (Å²) in [4.78, 5) is 10.9. The van der Waals surface area contributed by atoms with E-state index >= 15 is 0 Å². The van der Waals surface area contributed by atoms with Crippen molar-refractivity contribution in [2.75, 3.05) is 6.26 Å². The topological polar surface area (TPSA) is 71.4 Å². The van der Waals surface area contributed by atoms with Crippen molar-refractivity contribution < 1.29 is 22.7 Å². The summed E-state index contributed by atoms with van der Waals surface area (Å²) in [5.74, 6) is -2.05. The molecule has 2 atom stereocenters. The van der Waals surface area contributed by atoms with E-state index in [0.29, 0.717) is 15.6 Å². The molecule has 4 nitrogen and oxygen atoms in total. The van der Waals surface area contributed by atoms with Crippen molar-refractivity contribution in [2.45, 2.75) is 29.8 Å². The van der Waals surface area contributed by atoms with Gasteiger partial charge in [-0.3, -0.25) is 4.79 Å². The smallest absolute Gasteiger partial charge is 0.304 e. The molecule has 0 spiro atoms. The number of carboxylic acid groups (broad SMARTS) is 1. The fourth-order valence-corrected chi connectivity index (χ4v) is 3.99. The fraction of sp³-hybridized carbons (Fsp3) is 0.417. The molecule has 1 aromatic rings. The van der Waals surface area contributed by atoms with E-state index in [1.165, 1.54) is 6.07 Å². The zero-order chi connectivity index (χ0) is 14.4. The first-order valence-corrected chi connectivity index (χ1v) is 8.27. The molecule has 0 fully saturated rings. The Hall–Kier alpha value is -0.950. The first kappa shape index (κ1) is 14.5. The van der Waals surface area contributed by atoms with Crippen molar-refractivity contribution in [3.05, 3.63) is 27.7 Å². The third-order valence-corrected chi connectivity index (χ3v) is 5.16. The van der Waals surface area contributed by atoms with Crippen LogP contribution in [0.4, 0.5) is 4.39 Å². The second-order valence-corrected chi connectivity index (χ2v) is 7.47. The van der Waals surface area contributed by atoms with Crippen LogP contribution in [-0.2, 0) is 21.1 Å². The SMILES string of the molecule is CS(=O)(=O)c1ccc(Br)c2c1[C@H](CC(=O)O)[C@H](F)C2. The minimum absolute atomic E-state index is 0.0251. The van der Waals surface area contributed by atoms with Crippen LogP contribution in [0, 0.1) is 0 Å². The largest absolute Gasteiger partial charge is 0.481 e. The highest BCUT2D eigenvalue weighted by Gasteiger charge is 2.38. The average Bonchev–Trinajstić information content (AvgIpc) is 2.56. The summed E-state index contributed by atoms with van der Waals surface area (Å²) in [5.41, 5.74) is 0.869. The van der Waals surface area contributed by atoms with Crippen LogP contribution in [0.2, 0.25) is 0 Å². The molecule has 1 N–H and O–H groups in total. The fourth-order valence-electron chi connectivity index (χ4n) is 2.49. The number of fused-ring (bicyclic) bond motifs is 1. The van der Waals surface area contributed by atoms with E-state index in [0.717, 1.165) is 6.26 Å². The second-order valence-electron chi connectivity index (χ2n) is 4.63. The van der Waals surface area contributed by atoms with E-state index in [-0.39, 0.29) is 11.3 Å².